The van der Waals surface area contributed by atoms with Crippen LogP contribution in [0.2, 0.25) is 0 Å². The number of likely N-dealkylation sites (N-methyl/N-ethyl adjacent to an activating group) is 1. The SMILES string of the molecule is CCCN(CCC(CO)(NCC)c1ccccc1)C1CC1. The van der Waals surface area contributed by atoms with Crippen LogP contribution in [-0.4, -0.2) is 42.3 Å². The fourth-order valence-corrected chi connectivity index (χ4v) is 3.19. The Bertz CT molecular complexity index is 405. The monoisotopic (exact) mass is 290 g/mol. The first-order chi connectivity index (χ1) is 10.3. The largest absolute Gasteiger partial charge is 0.394 e. The Morgan fingerprint density at radius 1 is 1.19 bits per heavy atom. The average Bonchev–Trinajstić information content (AvgIpc) is 3.36. The van der Waals surface area contributed by atoms with Crippen molar-refractivity contribution in [3.63, 3.8) is 0 Å². The van der Waals surface area contributed by atoms with E-state index in [9.17, 15) is 5.11 Å². The summed E-state index contributed by atoms with van der Waals surface area (Å²) >= 11 is 0. The Morgan fingerprint density at radius 2 is 1.90 bits per heavy atom. The molecule has 1 saturated carbocycles. The van der Waals surface area contributed by atoms with Gasteiger partial charge in [-0.05, 0) is 44.3 Å². The number of hydrogen-bond donors (Lipinski definition) is 2. The Balaban J connectivity index is 2.08. The van der Waals surface area contributed by atoms with Gasteiger partial charge in [0.2, 0.25) is 0 Å². The molecule has 1 fully saturated rings. The Hall–Kier alpha value is -0.900. The molecule has 0 spiro atoms. The van der Waals surface area contributed by atoms with Gasteiger partial charge < -0.3 is 15.3 Å². The van der Waals surface area contributed by atoms with Crippen molar-refractivity contribution in [2.24, 2.45) is 0 Å². The van der Waals surface area contributed by atoms with Crippen LogP contribution in [0.1, 0.15) is 45.1 Å². The van der Waals surface area contributed by atoms with Crippen LogP contribution in [0.4, 0.5) is 0 Å². The molecule has 1 atom stereocenters. The summed E-state index contributed by atoms with van der Waals surface area (Å²) in [5.41, 5.74) is 0.887. The first-order valence-electron chi connectivity index (χ1n) is 8.41. The summed E-state index contributed by atoms with van der Waals surface area (Å²) in [6, 6.07) is 11.2. The van der Waals surface area contributed by atoms with Gasteiger partial charge in [-0.3, -0.25) is 0 Å². The van der Waals surface area contributed by atoms with Crippen molar-refractivity contribution < 1.29 is 5.11 Å². The second kappa shape index (κ2) is 7.92. The van der Waals surface area contributed by atoms with Crippen molar-refractivity contribution in [2.45, 2.75) is 51.1 Å². The van der Waals surface area contributed by atoms with Crippen molar-refractivity contribution >= 4 is 0 Å². The van der Waals surface area contributed by atoms with E-state index >= 15 is 0 Å². The minimum absolute atomic E-state index is 0.148. The fourth-order valence-electron chi connectivity index (χ4n) is 3.19. The van der Waals surface area contributed by atoms with Crippen LogP contribution in [0.5, 0.6) is 0 Å². The zero-order valence-electron chi connectivity index (χ0n) is 13.5. The van der Waals surface area contributed by atoms with Crippen molar-refractivity contribution in [3.8, 4) is 0 Å². The van der Waals surface area contributed by atoms with Gasteiger partial charge >= 0.3 is 0 Å². The zero-order valence-corrected chi connectivity index (χ0v) is 13.5. The summed E-state index contributed by atoms with van der Waals surface area (Å²) in [6.45, 7) is 7.60. The molecule has 0 amide bonds. The first kappa shape index (κ1) is 16.5. The topological polar surface area (TPSA) is 35.5 Å². The van der Waals surface area contributed by atoms with Crippen LogP contribution in [-0.2, 0) is 5.54 Å². The van der Waals surface area contributed by atoms with Gasteiger partial charge in [0.25, 0.3) is 0 Å². The molecule has 2 N–H and O–H groups in total. The molecule has 1 aromatic rings. The molecular formula is C18H30N2O. The molecule has 0 heterocycles. The molecule has 3 heteroatoms. The third-order valence-electron chi connectivity index (χ3n) is 4.51. The first-order valence-corrected chi connectivity index (χ1v) is 8.41. The van der Waals surface area contributed by atoms with Gasteiger partial charge in [0.1, 0.15) is 0 Å². The highest BCUT2D eigenvalue weighted by atomic mass is 16.3. The second-order valence-corrected chi connectivity index (χ2v) is 6.15. The van der Waals surface area contributed by atoms with E-state index in [0.29, 0.717) is 0 Å². The number of benzene rings is 1. The molecule has 0 aliphatic heterocycles. The van der Waals surface area contributed by atoms with Gasteiger partial charge in [-0.25, -0.2) is 0 Å². The van der Waals surface area contributed by atoms with Crippen molar-refractivity contribution in [2.75, 3.05) is 26.2 Å². The molecule has 21 heavy (non-hydrogen) atoms. The third-order valence-corrected chi connectivity index (χ3v) is 4.51. The number of rotatable bonds is 10. The van der Waals surface area contributed by atoms with E-state index in [1.54, 1.807) is 0 Å². The van der Waals surface area contributed by atoms with Gasteiger partial charge in [-0.1, -0.05) is 44.2 Å². The molecular weight excluding hydrogens is 260 g/mol. The Kier molecular flexibility index (Phi) is 6.22. The molecule has 1 aliphatic carbocycles. The van der Waals surface area contributed by atoms with Gasteiger partial charge in [0.05, 0.1) is 12.1 Å². The summed E-state index contributed by atoms with van der Waals surface area (Å²) in [5, 5.41) is 13.6. The Labute approximate surface area is 129 Å². The number of nitrogens with zero attached hydrogens (tertiary/aromatic N) is 1. The maximum Gasteiger partial charge on any atom is 0.0681 e. The lowest BCUT2D eigenvalue weighted by Gasteiger charge is -2.36. The van der Waals surface area contributed by atoms with Crippen molar-refractivity contribution in [3.05, 3.63) is 35.9 Å². The van der Waals surface area contributed by atoms with Gasteiger partial charge in [0.15, 0.2) is 0 Å². The van der Waals surface area contributed by atoms with Crippen LogP contribution in [0.15, 0.2) is 30.3 Å². The predicted octanol–water partition coefficient (Wildman–Crippen LogP) is 2.75. The van der Waals surface area contributed by atoms with E-state index in [1.807, 2.05) is 6.07 Å². The minimum Gasteiger partial charge on any atom is -0.394 e. The number of hydrogen-bond acceptors (Lipinski definition) is 3. The molecule has 0 radical (unpaired) electrons. The minimum atomic E-state index is -0.309. The number of aliphatic hydroxyl groups is 1. The summed E-state index contributed by atoms with van der Waals surface area (Å²) < 4.78 is 0. The van der Waals surface area contributed by atoms with E-state index < -0.39 is 0 Å². The van der Waals surface area contributed by atoms with Crippen LogP contribution in [0.25, 0.3) is 0 Å². The molecule has 2 rings (SSSR count). The lowest BCUT2D eigenvalue weighted by atomic mass is 9.87. The maximum absolute atomic E-state index is 10.1. The lowest BCUT2D eigenvalue weighted by molar-refractivity contribution is 0.130. The molecule has 1 aliphatic rings. The van der Waals surface area contributed by atoms with Crippen LogP contribution in [0.3, 0.4) is 0 Å². The standard InChI is InChI=1S/C18H30N2O/c1-3-13-20(17-10-11-17)14-12-18(15-21,19-4-2)16-8-6-5-7-9-16/h5-9,17,19,21H,3-4,10-15H2,1-2H3. The highest BCUT2D eigenvalue weighted by molar-refractivity contribution is 5.25. The maximum atomic E-state index is 10.1. The molecule has 1 aromatic carbocycles. The zero-order chi connectivity index (χ0) is 15.1. The third kappa shape index (κ3) is 4.29. The number of nitrogens with one attached hydrogen (secondary N) is 1. The van der Waals surface area contributed by atoms with Gasteiger partial charge in [0, 0.05) is 12.6 Å². The highest BCUT2D eigenvalue weighted by Gasteiger charge is 2.34. The quantitative estimate of drug-likeness (QED) is 0.695. The lowest BCUT2D eigenvalue weighted by Crippen LogP contribution is -2.48. The highest BCUT2D eigenvalue weighted by Crippen LogP contribution is 2.30. The molecule has 118 valence electrons. The van der Waals surface area contributed by atoms with E-state index in [4.69, 9.17) is 0 Å². The number of aliphatic hydroxyl groups excluding tert-OH is 1. The van der Waals surface area contributed by atoms with E-state index in [1.165, 1.54) is 31.4 Å². The molecule has 1 unspecified atom stereocenters. The average molecular weight is 290 g/mol. The van der Waals surface area contributed by atoms with Gasteiger partial charge in [-0.15, -0.1) is 0 Å². The molecule has 0 saturated heterocycles. The Morgan fingerprint density at radius 3 is 2.43 bits per heavy atom. The van der Waals surface area contributed by atoms with Gasteiger partial charge in [-0.2, -0.15) is 0 Å². The van der Waals surface area contributed by atoms with Crippen molar-refractivity contribution in [1.82, 2.24) is 10.2 Å². The summed E-state index contributed by atoms with van der Waals surface area (Å²) in [6.07, 6.45) is 4.85. The molecule has 3 nitrogen and oxygen atoms in total. The van der Waals surface area contributed by atoms with Crippen LogP contribution >= 0.6 is 0 Å². The van der Waals surface area contributed by atoms with Crippen LogP contribution < -0.4 is 5.32 Å². The van der Waals surface area contributed by atoms with E-state index in [-0.39, 0.29) is 12.1 Å². The summed E-state index contributed by atoms with van der Waals surface area (Å²) in [5.74, 6) is 0. The van der Waals surface area contributed by atoms with Crippen molar-refractivity contribution in [1.29, 1.82) is 0 Å². The summed E-state index contributed by atoms with van der Waals surface area (Å²) in [7, 11) is 0. The fraction of sp³-hybridized carbons (Fsp3) is 0.667. The van der Waals surface area contributed by atoms with E-state index in [0.717, 1.165) is 25.6 Å². The smallest absolute Gasteiger partial charge is 0.0681 e. The predicted molar refractivity (Wildman–Crippen MR) is 88.4 cm³/mol. The summed E-state index contributed by atoms with van der Waals surface area (Å²) in [4.78, 5) is 2.60. The molecule has 0 bridgehead atoms. The molecule has 0 aromatic heterocycles. The van der Waals surface area contributed by atoms with E-state index in [2.05, 4.69) is 48.3 Å². The van der Waals surface area contributed by atoms with Crippen LogP contribution in [0, 0.1) is 0 Å². The second-order valence-electron chi connectivity index (χ2n) is 6.15. The normalized spacial score (nSPS) is 17.9.